The molecule has 8 heteroatoms. The second kappa shape index (κ2) is 6.69. The van der Waals surface area contributed by atoms with Crippen molar-refractivity contribution in [3.8, 4) is 0 Å². The van der Waals surface area contributed by atoms with Crippen molar-refractivity contribution < 1.29 is 8.42 Å². The Morgan fingerprint density at radius 2 is 2.24 bits per heavy atom. The average Bonchev–Trinajstić information content (AvgIpc) is 2.99. The second-order valence-electron chi connectivity index (χ2n) is 4.95. The fourth-order valence-corrected chi connectivity index (χ4v) is 5.01. The molecule has 0 aliphatic carbocycles. The number of aromatic nitrogens is 2. The molecule has 0 aliphatic heterocycles. The maximum Gasteiger partial charge on any atom is 0.241 e. The van der Waals surface area contributed by atoms with Crippen LogP contribution < -0.4 is 10.0 Å². The zero-order valence-electron chi connectivity index (χ0n) is 12.3. The van der Waals surface area contributed by atoms with Gasteiger partial charge in [-0.1, -0.05) is 0 Å². The van der Waals surface area contributed by atoms with E-state index in [1.807, 2.05) is 31.7 Å². The van der Waals surface area contributed by atoms with E-state index in [4.69, 9.17) is 0 Å². The zero-order chi connectivity index (χ0) is 15.5. The Hall–Kier alpha value is -1.22. The molecular weight excluding hydrogens is 308 g/mol. The van der Waals surface area contributed by atoms with Crippen molar-refractivity contribution >= 4 is 21.4 Å². The number of hydrogen-bond donors (Lipinski definition) is 2. The Kier molecular flexibility index (Phi) is 5.15. The van der Waals surface area contributed by atoms with E-state index in [0.717, 1.165) is 9.75 Å². The fraction of sp³-hybridized carbons (Fsp3) is 0.462. The van der Waals surface area contributed by atoms with Crippen LogP contribution in [-0.4, -0.2) is 31.1 Å². The van der Waals surface area contributed by atoms with Crippen molar-refractivity contribution in [2.24, 2.45) is 0 Å². The van der Waals surface area contributed by atoms with Gasteiger partial charge in [-0.3, -0.25) is 0 Å². The summed E-state index contributed by atoms with van der Waals surface area (Å²) in [7, 11) is -1.65. The third kappa shape index (κ3) is 4.13. The summed E-state index contributed by atoms with van der Waals surface area (Å²) in [6.45, 7) is 4.89. The van der Waals surface area contributed by atoms with Gasteiger partial charge in [0.15, 0.2) is 0 Å². The van der Waals surface area contributed by atoms with Gasteiger partial charge in [-0.15, -0.1) is 11.3 Å². The van der Waals surface area contributed by atoms with Gasteiger partial charge in [0.25, 0.3) is 0 Å². The number of thiophene rings is 1. The van der Waals surface area contributed by atoms with Crippen molar-refractivity contribution in [3.05, 3.63) is 34.5 Å². The van der Waals surface area contributed by atoms with Crippen LogP contribution in [0.25, 0.3) is 0 Å². The van der Waals surface area contributed by atoms with Crippen LogP contribution in [0.15, 0.2) is 29.7 Å². The van der Waals surface area contributed by atoms with Gasteiger partial charge in [0, 0.05) is 41.3 Å². The summed E-state index contributed by atoms with van der Waals surface area (Å²) in [6, 6.07) is 1.53. The first kappa shape index (κ1) is 16.2. The molecule has 0 radical (unpaired) electrons. The SMILES string of the molecule is CNCc1cc(S(=O)(=O)NC(C)Cn2ccnc2)c(C)s1. The van der Waals surface area contributed by atoms with Gasteiger partial charge in [0.2, 0.25) is 10.0 Å². The number of nitrogens with one attached hydrogen (secondary N) is 2. The molecule has 2 rings (SSSR count). The minimum absolute atomic E-state index is 0.212. The molecule has 1 unspecified atom stereocenters. The molecule has 2 aromatic heterocycles. The van der Waals surface area contributed by atoms with E-state index in [1.54, 1.807) is 18.6 Å². The normalized spacial score (nSPS) is 13.5. The first-order valence-electron chi connectivity index (χ1n) is 6.64. The molecule has 21 heavy (non-hydrogen) atoms. The quantitative estimate of drug-likeness (QED) is 0.804. The van der Waals surface area contributed by atoms with Crippen LogP contribution in [-0.2, 0) is 23.1 Å². The molecule has 2 aromatic rings. The lowest BCUT2D eigenvalue weighted by Gasteiger charge is -2.14. The molecule has 2 heterocycles. The third-order valence-corrected chi connectivity index (χ3v) is 5.86. The Labute approximate surface area is 129 Å². The number of rotatable bonds is 7. The number of sulfonamides is 1. The van der Waals surface area contributed by atoms with Crippen molar-refractivity contribution in [2.45, 2.75) is 37.9 Å². The standard InChI is InChI=1S/C13H20N4O2S2/c1-10(8-17-5-4-15-9-17)16-21(18,19)13-6-12(7-14-3)20-11(13)2/h4-6,9-10,14,16H,7-8H2,1-3H3. The van der Waals surface area contributed by atoms with E-state index in [-0.39, 0.29) is 6.04 Å². The van der Waals surface area contributed by atoms with Crippen LogP contribution in [0.5, 0.6) is 0 Å². The molecule has 6 nitrogen and oxygen atoms in total. The lowest BCUT2D eigenvalue weighted by atomic mass is 10.4. The van der Waals surface area contributed by atoms with Crippen molar-refractivity contribution in [2.75, 3.05) is 7.05 Å². The number of aryl methyl sites for hydroxylation is 1. The minimum Gasteiger partial charge on any atom is -0.336 e. The maximum absolute atomic E-state index is 12.5. The lowest BCUT2D eigenvalue weighted by molar-refractivity contribution is 0.520. The molecular formula is C13H20N4O2S2. The summed E-state index contributed by atoms with van der Waals surface area (Å²) in [4.78, 5) is 6.14. The zero-order valence-corrected chi connectivity index (χ0v) is 14.0. The van der Waals surface area contributed by atoms with Crippen LogP contribution in [0.2, 0.25) is 0 Å². The molecule has 2 N–H and O–H groups in total. The molecule has 0 aliphatic rings. The molecule has 116 valence electrons. The number of hydrogen-bond acceptors (Lipinski definition) is 5. The molecule has 0 bridgehead atoms. The summed E-state index contributed by atoms with van der Waals surface area (Å²) >= 11 is 1.50. The Morgan fingerprint density at radius 3 is 2.86 bits per heavy atom. The average molecular weight is 328 g/mol. The summed E-state index contributed by atoms with van der Waals surface area (Å²) in [6.07, 6.45) is 5.16. The highest BCUT2D eigenvalue weighted by Crippen LogP contribution is 2.25. The lowest BCUT2D eigenvalue weighted by Crippen LogP contribution is -2.35. The number of nitrogens with zero attached hydrogens (tertiary/aromatic N) is 2. The third-order valence-electron chi connectivity index (χ3n) is 2.96. The van der Waals surface area contributed by atoms with Gasteiger partial charge in [0.05, 0.1) is 11.2 Å². The topological polar surface area (TPSA) is 76.0 Å². The van der Waals surface area contributed by atoms with Gasteiger partial charge in [0.1, 0.15) is 0 Å². The van der Waals surface area contributed by atoms with Gasteiger partial charge in [-0.05, 0) is 27.0 Å². The Morgan fingerprint density at radius 1 is 1.48 bits per heavy atom. The summed E-state index contributed by atoms with van der Waals surface area (Å²) in [5.41, 5.74) is 0. The van der Waals surface area contributed by atoms with Gasteiger partial charge in [-0.2, -0.15) is 0 Å². The monoisotopic (exact) mass is 328 g/mol. The van der Waals surface area contributed by atoms with Crippen LogP contribution in [0.4, 0.5) is 0 Å². The number of imidazole rings is 1. The largest absolute Gasteiger partial charge is 0.336 e. The van der Waals surface area contributed by atoms with E-state index in [0.29, 0.717) is 18.0 Å². The van der Waals surface area contributed by atoms with Crippen molar-refractivity contribution in [1.82, 2.24) is 19.6 Å². The summed E-state index contributed by atoms with van der Waals surface area (Å²) in [5, 5.41) is 3.03. The van der Waals surface area contributed by atoms with E-state index >= 15 is 0 Å². The van der Waals surface area contributed by atoms with Crippen LogP contribution in [0, 0.1) is 6.92 Å². The Balaban J connectivity index is 2.10. The molecule has 0 fully saturated rings. The molecule has 0 amide bonds. The van der Waals surface area contributed by atoms with E-state index in [2.05, 4.69) is 15.0 Å². The highest BCUT2D eigenvalue weighted by atomic mass is 32.2. The predicted octanol–water partition coefficient (Wildman–Crippen LogP) is 1.34. The van der Waals surface area contributed by atoms with Gasteiger partial charge < -0.3 is 9.88 Å². The van der Waals surface area contributed by atoms with E-state index in [1.165, 1.54) is 11.3 Å². The first-order valence-corrected chi connectivity index (χ1v) is 8.94. The molecule has 1 atom stereocenters. The molecule has 0 saturated heterocycles. The predicted molar refractivity (Wildman–Crippen MR) is 83.8 cm³/mol. The molecule has 0 aromatic carbocycles. The molecule has 0 spiro atoms. The van der Waals surface area contributed by atoms with Crippen LogP contribution >= 0.6 is 11.3 Å². The maximum atomic E-state index is 12.5. The Bertz CT molecular complexity index is 677. The van der Waals surface area contributed by atoms with Crippen molar-refractivity contribution in [1.29, 1.82) is 0 Å². The van der Waals surface area contributed by atoms with E-state index in [9.17, 15) is 8.42 Å². The van der Waals surface area contributed by atoms with Crippen LogP contribution in [0.1, 0.15) is 16.7 Å². The highest BCUT2D eigenvalue weighted by Gasteiger charge is 2.22. The van der Waals surface area contributed by atoms with Crippen LogP contribution in [0.3, 0.4) is 0 Å². The fourth-order valence-electron chi connectivity index (χ4n) is 2.13. The smallest absolute Gasteiger partial charge is 0.241 e. The van der Waals surface area contributed by atoms with E-state index < -0.39 is 10.0 Å². The van der Waals surface area contributed by atoms with Gasteiger partial charge in [-0.25, -0.2) is 18.1 Å². The first-order chi connectivity index (χ1) is 9.92. The summed E-state index contributed by atoms with van der Waals surface area (Å²) < 4.78 is 29.5. The van der Waals surface area contributed by atoms with Gasteiger partial charge >= 0.3 is 0 Å². The molecule has 0 saturated carbocycles. The highest BCUT2D eigenvalue weighted by molar-refractivity contribution is 7.89. The minimum atomic E-state index is -3.49. The van der Waals surface area contributed by atoms with Crippen molar-refractivity contribution in [3.63, 3.8) is 0 Å². The summed E-state index contributed by atoms with van der Waals surface area (Å²) in [5.74, 6) is 0. The second-order valence-corrected chi connectivity index (χ2v) is 7.97.